The standard InChI is InChI=1S/C15H14FNO2/c1-2-17(12-9-7-11(16)8-10-12)15(19)13-5-3-4-6-14(13)18/h3-10,18H,2H2,1H3. The maximum Gasteiger partial charge on any atom is 0.262 e. The SMILES string of the molecule is CCN(C(=O)c1ccccc1O)c1ccc(F)cc1. The number of benzene rings is 2. The van der Waals surface area contributed by atoms with Crippen molar-refractivity contribution in [3.63, 3.8) is 0 Å². The van der Waals surface area contributed by atoms with Crippen LogP contribution in [0, 0.1) is 5.82 Å². The molecule has 3 nitrogen and oxygen atoms in total. The highest BCUT2D eigenvalue weighted by atomic mass is 19.1. The Balaban J connectivity index is 2.35. The van der Waals surface area contributed by atoms with E-state index in [4.69, 9.17) is 0 Å². The fourth-order valence-electron chi connectivity index (χ4n) is 1.86. The first-order valence-electron chi connectivity index (χ1n) is 5.99. The Labute approximate surface area is 110 Å². The van der Waals surface area contributed by atoms with Gasteiger partial charge in [-0.15, -0.1) is 0 Å². The summed E-state index contributed by atoms with van der Waals surface area (Å²) < 4.78 is 12.9. The van der Waals surface area contributed by atoms with E-state index in [0.717, 1.165) is 0 Å². The van der Waals surface area contributed by atoms with Crippen LogP contribution in [0.4, 0.5) is 10.1 Å². The molecule has 0 radical (unpaired) electrons. The normalized spacial score (nSPS) is 10.2. The molecule has 2 aromatic carbocycles. The Hall–Kier alpha value is -2.36. The second-order valence-electron chi connectivity index (χ2n) is 4.04. The number of hydrogen-bond acceptors (Lipinski definition) is 2. The van der Waals surface area contributed by atoms with Crippen LogP contribution >= 0.6 is 0 Å². The lowest BCUT2D eigenvalue weighted by Gasteiger charge is -2.21. The average Bonchev–Trinajstić information content (AvgIpc) is 2.42. The van der Waals surface area contributed by atoms with Crippen molar-refractivity contribution in [1.82, 2.24) is 0 Å². The summed E-state index contributed by atoms with van der Waals surface area (Å²) in [7, 11) is 0. The second-order valence-corrected chi connectivity index (χ2v) is 4.04. The number of carbonyl (C=O) groups excluding carboxylic acids is 1. The third-order valence-electron chi connectivity index (χ3n) is 2.83. The highest BCUT2D eigenvalue weighted by Crippen LogP contribution is 2.22. The maximum atomic E-state index is 12.9. The van der Waals surface area contributed by atoms with E-state index in [1.54, 1.807) is 18.2 Å². The summed E-state index contributed by atoms with van der Waals surface area (Å²) in [5.41, 5.74) is 0.825. The van der Waals surface area contributed by atoms with Crippen molar-refractivity contribution in [2.45, 2.75) is 6.92 Å². The molecule has 0 unspecified atom stereocenters. The van der Waals surface area contributed by atoms with Gasteiger partial charge in [0.2, 0.25) is 0 Å². The molecule has 0 aliphatic rings. The molecule has 0 heterocycles. The molecule has 0 aromatic heterocycles. The molecule has 4 heteroatoms. The number of halogens is 1. The van der Waals surface area contributed by atoms with Crippen LogP contribution in [0.15, 0.2) is 48.5 Å². The van der Waals surface area contributed by atoms with Crippen molar-refractivity contribution in [2.24, 2.45) is 0 Å². The van der Waals surface area contributed by atoms with E-state index >= 15 is 0 Å². The Morgan fingerprint density at radius 2 is 1.79 bits per heavy atom. The van der Waals surface area contributed by atoms with Gasteiger partial charge in [-0.3, -0.25) is 4.79 Å². The fraction of sp³-hybridized carbons (Fsp3) is 0.133. The summed E-state index contributed by atoms with van der Waals surface area (Å²) in [5, 5.41) is 9.71. The van der Waals surface area contributed by atoms with Gasteiger partial charge in [0.25, 0.3) is 5.91 Å². The van der Waals surface area contributed by atoms with E-state index in [-0.39, 0.29) is 23.0 Å². The first-order valence-corrected chi connectivity index (χ1v) is 5.99. The quantitative estimate of drug-likeness (QED) is 0.919. The Kier molecular flexibility index (Phi) is 3.80. The smallest absolute Gasteiger partial charge is 0.262 e. The third-order valence-corrected chi connectivity index (χ3v) is 2.83. The number of aromatic hydroxyl groups is 1. The van der Waals surface area contributed by atoms with E-state index in [1.165, 1.54) is 35.2 Å². The van der Waals surface area contributed by atoms with Gasteiger partial charge in [0.15, 0.2) is 0 Å². The zero-order valence-corrected chi connectivity index (χ0v) is 10.5. The third kappa shape index (κ3) is 2.73. The maximum absolute atomic E-state index is 12.9. The van der Waals surface area contributed by atoms with E-state index < -0.39 is 0 Å². The summed E-state index contributed by atoms with van der Waals surface area (Å²) in [6.07, 6.45) is 0. The molecule has 0 aliphatic heterocycles. The summed E-state index contributed by atoms with van der Waals surface area (Å²) in [5.74, 6) is -0.727. The molecule has 0 atom stereocenters. The molecule has 0 bridgehead atoms. The van der Waals surface area contributed by atoms with Crippen molar-refractivity contribution >= 4 is 11.6 Å². The molecule has 0 saturated heterocycles. The topological polar surface area (TPSA) is 40.5 Å². The molecule has 2 rings (SSSR count). The largest absolute Gasteiger partial charge is 0.507 e. The second kappa shape index (κ2) is 5.52. The van der Waals surface area contributed by atoms with Crippen LogP contribution in [0.5, 0.6) is 5.75 Å². The molecule has 0 spiro atoms. The number of para-hydroxylation sites is 1. The Morgan fingerprint density at radius 3 is 2.37 bits per heavy atom. The molecule has 1 amide bonds. The van der Waals surface area contributed by atoms with Crippen molar-refractivity contribution in [3.05, 3.63) is 59.9 Å². The van der Waals surface area contributed by atoms with Gasteiger partial charge in [-0.05, 0) is 43.3 Å². The van der Waals surface area contributed by atoms with Gasteiger partial charge >= 0.3 is 0 Å². The van der Waals surface area contributed by atoms with Crippen LogP contribution in [-0.4, -0.2) is 17.6 Å². The van der Waals surface area contributed by atoms with Gasteiger partial charge in [0, 0.05) is 12.2 Å². The van der Waals surface area contributed by atoms with Crippen molar-refractivity contribution in [3.8, 4) is 5.75 Å². The van der Waals surface area contributed by atoms with Crippen molar-refractivity contribution in [1.29, 1.82) is 0 Å². The number of phenolic OH excluding ortho intramolecular Hbond substituents is 1. The van der Waals surface area contributed by atoms with Crippen molar-refractivity contribution in [2.75, 3.05) is 11.4 Å². The van der Waals surface area contributed by atoms with Gasteiger partial charge in [-0.1, -0.05) is 12.1 Å². The van der Waals surface area contributed by atoms with E-state index in [0.29, 0.717) is 12.2 Å². The molecular formula is C15H14FNO2. The first kappa shape index (κ1) is 13.1. The van der Waals surface area contributed by atoms with E-state index in [2.05, 4.69) is 0 Å². The number of phenols is 1. The summed E-state index contributed by atoms with van der Waals surface area (Å²) >= 11 is 0. The lowest BCUT2D eigenvalue weighted by Crippen LogP contribution is -2.30. The van der Waals surface area contributed by atoms with Crippen LogP contribution in [0.2, 0.25) is 0 Å². The molecule has 1 N–H and O–H groups in total. The summed E-state index contributed by atoms with van der Waals surface area (Å²) in [6, 6.07) is 12.0. The number of amides is 1. The van der Waals surface area contributed by atoms with Gasteiger partial charge in [0.1, 0.15) is 11.6 Å². The lowest BCUT2D eigenvalue weighted by molar-refractivity contribution is 0.0985. The number of nitrogens with zero attached hydrogens (tertiary/aromatic N) is 1. The zero-order valence-electron chi connectivity index (χ0n) is 10.5. The predicted molar refractivity (Wildman–Crippen MR) is 71.9 cm³/mol. The number of carbonyl (C=O) groups is 1. The molecule has 19 heavy (non-hydrogen) atoms. The predicted octanol–water partition coefficient (Wildman–Crippen LogP) is 3.20. The fourth-order valence-corrected chi connectivity index (χ4v) is 1.86. The number of rotatable bonds is 3. The summed E-state index contributed by atoms with van der Waals surface area (Å²) in [4.78, 5) is 13.8. The van der Waals surface area contributed by atoms with Gasteiger partial charge < -0.3 is 10.0 Å². The van der Waals surface area contributed by atoms with Crippen LogP contribution < -0.4 is 4.90 Å². The molecule has 0 saturated carbocycles. The minimum atomic E-state index is -0.352. The highest BCUT2D eigenvalue weighted by molar-refractivity contribution is 6.07. The number of hydrogen-bond donors (Lipinski definition) is 1. The molecular weight excluding hydrogens is 245 g/mol. The molecule has 2 aromatic rings. The Morgan fingerprint density at radius 1 is 1.16 bits per heavy atom. The van der Waals surface area contributed by atoms with Crippen molar-refractivity contribution < 1.29 is 14.3 Å². The van der Waals surface area contributed by atoms with Crippen LogP contribution in [-0.2, 0) is 0 Å². The zero-order chi connectivity index (χ0) is 13.8. The highest BCUT2D eigenvalue weighted by Gasteiger charge is 2.18. The monoisotopic (exact) mass is 259 g/mol. The Bertz CT molecular complexity index is 581. The molecule has 0 aliphatic carbocycles. The van der Waals surface area contributed by atoms with Gasteiger partial charge in [0.05, 0.1) is 5.56 Å². The van der Waals surface area contributed by atoms with Gasteiger partial charge in [-0.25, -0.2) is 4.39 Å². The van der Waals surface area contributed by atoms with Crippen LogP contribution in [0.3, 0.4) is 0 Å². The van der Waals surface area contributed by atoms with Gasteiger partial charge in [-0.2, -0.15) is 0 Å². The molecule has 0 fully saturated rings. The van der Waals surface area contributed by atoms with E-state index in [9.17, 15) is 14.3 Å². The van der Waals surface area contributed by atoms with Crippen LogP contribution in [0.25, 0.3) is 0 Å². The van der Waals surface area contributed by atoms with E-state index in [1.807, 2.05) is 6.92 Å². The summed E-state index contributed by atoms with van der Waals surface area (Å²) in [6.45, 7) is 2.25. The lowest BCUT2D eigenvalue weighted by atomic mass is 10.1. The molecule has 98 valence electrons. The minimum absolute atomic E-state index is 0.0620. The minimum Gasteiger partial charge on any atom is -0.507 e. The number of anilines is 1. The van der Waals surface area contributed by atoms with Crippen LogP contribution in [0.1, 0.15) is 17.3 Å². The average molecular weight is 259 g/mol. The first-order chi connectivity index (χ1) is 9.13.